The number of hydrogen-bond donors (Lipinski definition) is 1. The minimum absolute atomic E-state index is 0.0287. The zero-order valence-corrected chi connectivity index (χ0v) is 14.3. The Kier molecular flexibility index (Phi) is 6.55. The van der Waals surface area contributed by atoms with Gasteiger partial charge in [0.25, 0.3) is 0 Å². The van der Waals surface area contributed by atoms with Gasteiger partial charge < -0.3 is 10.2 Å². The van der Waals surface area contributed by atoms with Gasteiger partial charge in [-0.1, -0.05) is 49.4 Å². The SMILES string of the molecule is CCc1ccc(NC(=O)CCN(Cc2ccccc2)C(C)=O)cc1. The molecular formula is C20H24N2O2. The average molecular weight is 324 g/mol. The lowest BCUT2D eigenvalue weighted by atomic mass is 10.1. The van der Waals surface area contributed by atoms with Gasteiger partial charge in [-0.2, -0.15) is 0 Å². The largest absolute Gasteiger partial charge is 0.338 e. The molecule has 0 atom stereocenters. The molecule has 24 heavy (non-hydrogen) atoms. The molecule has 0 heterocycles. The van der Waals surface area contributed by atoms with Gasteiger partial charge in [-0.25, -0.2) is 0 Å². The van der Waals surface area contributed by atoms with Crippen molar-refractivity contribution in [1.29, 1.82) is 0 Å². The number of benzene rings is 2. The second-order valence-electron chi connectivity index (χ2n) is 5.77. The van der Waals surface area contributed by atoms with Crippen molar-refractivity contribution in [3.8, 4) is 0 Å². The summed E-state index contributed by atoms with van der Waals surface area (Å²) in [6.45, 7) is 4.55. The fourth-order valence-corrected chi connectivity index (χ4v) is 2.44. The van der Waals surface area contributed by atoms with E-state index in [-0.39, 0.29) is 18.2 Å². The highest BCUT2D eigenvalue weighted by Crippen LogP contribution is 2.11. The molecule has 0 saturated carbocycles. The lowest BCUT2D eigenvalue weighted by Crippen LogP contribution is -2.31. The molecule has 0 unspecified atom stereocenters. The van der Waals surface area contributed by atoms with Crippen molar-refractivity contribution in [2.75, 3.05) is 11.9 Å². The van der Waals surface area contributed by atoms with Gasteiger partial charge in [0, 0.05) is 32.1 Å². The fourth-order valence-electron chi connectivity index (χ4n) is 2.44. The highest BCUT2D eigenvalue weighted by molar-refractivity contribution is 5.91. The normalized spacial score (nSPS) is 10.2. The van der Waals surface area contributed by atoms with Gasteiger partial charge in [-0.15, -0.1) is 0 Å². The second-order valence-corrected chi connectivity index (χ2v) is 5.77. The number of carbonyl (C=O) groups is 2. The van der Waals surface area contributed by atoms with Crippen LogP contribution in [0.2, 0.25) is 0 Å². The van der Waals surface area contributed by atoms with Crippen molar-refractivity contribution in [2.24, 2.45) is 0 Å². The molecule has 0 radical (unpaired) electrons. The van der Waals surface area contributed by atoms with Gasteiger partial charge in [0.05, 0.1) is 0 Å². The van der Waals surface area contributed by atoms with Crippen LogP contribution in [0.4, 0.5) is 5.69 Å². The van der Waals surface area contributed by atoms with E-state index in [1.165, 1.54) is 12.5 Å². The number of carbonyl (C=O) groups excluding carboxylic acids is 2. The Balaban J connectivity index is 1.86. The van der Waals surface area contributed by atoms with Crippen molar-refractivity contribution in [2.45, 2.75) is 33.2 Å². The molecule has 4 heteroatoms. The van der Waals surface area contributed by atoms with E-state index in [0.29, 0.717) is 13.1 Å². The van der Waals surface area contributed by atoms with Crippen LogP contribution in [0.5, 0.6) is 0 Å². The summed E-state index contributed by atoms with van der Waals surface area (Å²) in [7, 11) is 0. The summed E-state index contributed by atoms with van der Waals surface area (Å²) in [5.74, 6) is -0.113. The molecule has 0 aliphatic heterocycles. The van der Waals surface area contributed by atoms with Crippen molar-refractivity contribution >= 4 is 17.5 Å². The number of rotatable bonds is 7. The third-order valence-electron chi connectivity index (χ3n) is 3.92. The van der Waals surface area contributed by atoms with Gasteiger partial charge in [-0.05, 0) is 29.7 Å². The average Bonchev–Trinajstić information content (AvgIpc) is 2.60. The molecule has 0 fully saturated rings. The first-order valence-corrected chi connectivity index (χ1v) is 8.26. The van der Waals surface area contributed by atoms with Crippen LogP contribution in [0, 0.1) is 0 Å². The van der Waals surface area contributed by atoms with Crippen molar-refractivity contribution in [3.05, 3.63) is 65.7 Å². The summed E-state index contributed by atoms with van der Waals surface area (Å²) in [5, 5.41) is 2.87. The Morgan fingerprint density at radius 1 is 0.958 bits per heavy atom. The Hall–Kier alpha value is -2.62. The maximum absolute atomic E-state index is 12.1. The molecule has 4 nitrogen and oxygen atoms in total. The molecule has 2 rings (SSSR count). The molecule has 126 valence electrons. The molecule has 2 aromatic rings. The van der Waals surface area contributed by atoms with Gasteiger partial charge in [0.1, 0.15) is 0 Å². The number of nitrogens with one attached hydrogen (secondary N) is 1. The molecule has 0 aliphatic carbocycles. The maximum atomic E-state index is 12.1. The lowest BCUT2D eigenvalue weighted by Gasteiger charge is -2.21. The number of anilines is 1. The van der Waals surface area contributed by atoms with E-state index in [9.17, 15) is 9.59 Å². The minimum Gasteiger partial charge on any atom is -0.338 e. The van der Waals surface area contributed by atoms with Gasteiger partial charge in [-0.3, -0.25) is 9.59 Å². The Labute approximate surface area is 143 Å². The summed E-state index contributed by atoms with van der Waals surface area (Å²) >= 11 is 0. The van der Waals surface area contributed by atoms with E-state index >= 15 is 0 Å². The first-order chi connectivity index (χ1) is 11.6. The smallest absolute Gasteiger partial charge is 0.226 e. The predicted molar refractivity (Wildman–Crippen MR) is 96.6 cm³/mol. The van der Waals surface area contributed by atoms with E-state index < -0.39 is 0 Å². The quantitative estimate of drug-likeness (QED) is 0.845. The first-order valence-electron chi connectivity index (χ1n) is 8.26. The highest BCUT2D eigenvalue weighted by Gasteiger charge is 2.12. The zero-order valence-electron chi connectivity index (χ0n) is 14.3. The molecule has 2 aromatic carbocycles. The minimum atomic E-state index is -0.0847. The van der Waals surface area contributed by atoms with Crippen LogP contribution < -0.4 is 5.32 Å². The maximum Gasteiger partial charge on any atom is 0.226 e. The Bertz CT molecular complexity index is 666. The summed E-state index contributed by atoms with van der Waals surface area (Å²) in [5.41, 5.74) is 3.08. The van der Waals surface area contributed by atoms with Crippen molar-refractivity contribution < 1.29 is 9.59 Å². The third-order valence-corrected chi connectivity index (χ3v) is 3.92. The summed E-state index contributed by atoms with van der Waals surface area (Å²) in [6.07, 6.45) is 1.25. The molecular weight excluding hydrogens is 300 g/mol. The highest BCUT2D eigenvalue weighted by atomic mass is 16.2. The topological polar surface area (TPSA) is 49.4 Å². The van der Waals surface area contributed by atoms with Crippen LogP contribution in [-0.4, -0.2) is 23.3 Å². The molecule has 0 bridgehead atoms. The second kappa shape index (κ2) is 8.87. The first kappa shape index (κ1) is 17.7. The van der Waals surface area contributed by atoms with Crippen LogP contribution in [0.15, 0.2) is 54.6 Å². The Morgan fingerprint density at radius 3 is 2.21 bits per heavy atom. The van der Waals surface area contributed by atoms with E-state index in [1.54, 1.807) is 4.90 Å². The molecule has 1 N–H and O–H groups in total. The molecule has 0 aromatic heterocycles. The molecule has 0 aliphatic rings. The summed E-state index contributed by atoms with van der Waals surface area (Å²) in [4.78, 5) is 25.6. The van der Waals surface area contributed by atoms with Crippen LogP contribution in [0.25, 0.3) is 0 Å². The number of amides is 2. The summed E-state index contributed by atoms with van der Waals surface area (Å²) < 4.78 is 0. The van der Waals surface area contributed by atoms with E-state index in [2.05, 4.69) is 12.2 Å². The van der Waals surface area contributed by atoms with Gasteiger partial charge in [0.15, 0.2) is 0 Å². The fraction of sp³-hybridized carbons (Fsp3) is 0.300. The summed E-state index contributed by atoms with van der Waals surface area (Å²) in [6, 6.07) is 17.6. The monoisotopic (exact) mass is 324 g/mol. The van der Waals surface area contributed by atoms with Crippen LogP contribution in [-0.2, 0) is 22.6 Å². The standard InChI is InChI=1S/C20H24N2O2/c1-3-17-9-11-19(12-10-17)21-20(24)13-14-22(16(2)23)15-18-7-5-4-6-8-18/h4-12H,3,13-15H2,1-2H3,(H,21,24). The molecule has 0 saturated heterocycles. The van der Waals surface area contributed by atoms with Crippen LogP contribution >= 0.6 is 0 Å². The van der Waals surface area contributed by atoms with Crippen LogP contribution in [0.3, 0.4) is 0 Å². The van der Waals surface area contributed by atoms with Crippen LogP contribution in [0.1, 0.15) is 31.4 Å². The van der Waals surface area contributed by atoms with Gasteiger partial charge in [0.2, 0.25) is 11.8 Å². The van der Waals surface area contributed by atoms with E-state index in [4.69, 9.17) is 0 Å². The van der Waals surface area contributed by atoms with Crippen molar-refractivity contribution in [1.82, 2.24) is 4.90 Å². The molecule has 2 amide bonds. The van der Waals surface area contributed by atoms with E-state index in [1.807, 2.05) is 54.6 Å². The number of nitrogens with zero attached hydrogens (tertiary/aromatic N) is 1. The van der Waals surface area contributed by atoms with Crippen molar-refractivity contribution in [3.63, 3.8) is 0 Å². The lowest BCUT2D eigenvalue weighted by molar-refractivity contribution is -0.129. The van der Waals surface area contributed by atoms with Gasteiger partial charge >= 0.3 is 0 Å². The zero-order chi connectivity index (χ0) is 17.4. The third kappa shape index (κ3) is 5.54. The Morgan fingerprint density at radius 2 is 1.62 bits per heavy atom. The predicted octanol–water partition coefficient (Wildman–Crippen LogP) is 3.63. The number of aryl methyl sites for hydroxylation is 1. The number of hydrogen-bond acceptors (Lipinski definition) is 2. The molecule has 0 spiro atoms. The van der Waals surface area contributed by atoms with E-state index in [0.717, 1.165) is 17.7 Å².